The van der Waals surface area contributed by atoms with E-state index >= 15 is 0 Å². The van der Waals surface area contributed by atoms with Gasteiger partial charge in [0.1, 0.15) is 5.75 Å². The van der Waals surface area contributed by atoms with E-state index < -0.39 is 11.9 Å². The van der Waals surface area contributed by atoms with Gasteiger partial charge in [-0.05, 0) is 72.8 Å². The van der Waals surface area contributed by atoms with E-state index in [2.05, 4.69) is 15.7 Å². The Kier molecular flexibility index (Phi) is 6.55. The third-order valence-electron chi connectivity index (χ3n) is 3.80. The second kappa shape index (κ2) is 9.48. The summed E-state index contributed by atoms with van der Waals surface area (Å²) >= 11 is 5.79. The number of nitrogens with one attached hydrogen (secondary N) is 1. The van der Waals surface area contributed by atoms with Crippen LogP contribution in [0.15, 0.2) is 83.0 Å². The Hall–Kier alpha value is -3.71. The van der Waals surface area contributed by atoms with Gasteiger partial charge in [-0.3, -0.25) is 4.79 Å². The number of carbonyl (C=O) groups excluding carboxylic acids is 2. The van der Waals surface area contributed by atoms with Gasteiger partial charge >= 0.3 is 5.97 Å². The van der Waals surface area contributed by atoms with Crippen LogP contribution in [0, 0.1) is 0 Å². The van der Waals surface area contributed by atoms with Crippen molar-refractivity contribution in [1.29, 1.82) is 0 Å². The van der Waals surface area contributed by atoms with Crippen LogP contribution in [0.3, 0.4) is 0 Å². The summed E-state index contributed by atoms with van der Waals surface area (Å²) in [4.78, 5) is 29.0. The summed E-state index contributed by atoms with van der Waals surface area (Å²) in [5.41, 5.74) is 4.33. The molecule has 3 aromatic carbocycles. The monoisotopic (exact) mass is 409 g/mol. The van der Waals surface area contributed by atoms with Crippen molar-refractivity contribution in [1.82, 2.24) is 0 Å². The van der Waals surface area contributed by atoms with Crippen LogP contribution < -0.4 is 10.2 Å². The lowest BCUT2D eigenvalue weighted by Gasteiger charge is -2.06. The number of hydrogen-bond acceptors (Lipinski definition) is 6. The molecule has 0 atom stereocenters. The topological polar surface area (TPSA) is 89.3 Å². The number of amides is 1. The number of anilines is 1. The molecule has 1 amide bonds. The van der Waals surface area contributed by atoms with Gasteiger partial charge in [0.05, 0.1) is 24.0 Å². The van der Waals surface area contributed by atoms with Gasteiger partial charge in [-0.15, -0.1) is 10.2 Å². The van der Waals surface area contributed by atoms with Crippen LogP contribution in [-0.2, 0) is 4.84 Å². The molecule has 0 bridgehead atoms. The van der Waals surface area contributed by atoms with Crippen LogP contribution in [0.1, 0.15) is 20.7 Å². The molecule has 8 heteroatoms. The van der Waals surface area contributed by atoms with E-state index in [4.69, 9.17) is 21.2 Å². The number of methoxy groups -OCH3 is 1. The molecule has 0 saturated heterocycles. The molecule has 0 aliphatic heterocycles. The van der Waals surface area contributed by atoms with E-state index in [1.54, 1.807) is 79.9 Å². The van der Waals surface area contributed by atoms with Crippen LogP contribution >= 0.6 is 11.6 Å². The van der Waals surface area contributed by atoms with Gasteiger partial charge in [0.25, 0.3) is 5.91 Å². The molecule has 0 saturated carbocycles. The zero-order valence-electron chi connectivity index (χ0n) is 15.3. The molecule has 3 aromatic rings. The van der Waals surface area contributed by atoms with Gasteiger partial charge in [0.2, 0.25) is 0 Å². The first-order valence-corrected chi connectivity index (χ1v) is 8.86. The number of rotatable bonds is 6. The summed E-state index contributed by atoms with van der Waals surface area (Å²) in [6.07, 6.45) is 0. The highest BCUT2D eigenvalue weighted by atomic mass is 35.5. The lowest BCUT2D eigenvalue weighted by Crippen LogP contribution is -2.10. The van der Waals surface area contributed by atoms with Crippen molar-refractivity contribution in [2.45, 2.75) is 0 Å². The molecular formula is C21H16ClN3O4. The third kappa shape index (κ3) is 5.63. The highest BCUT2D eigenvalue weighted by molar-refractivity contribution is 6.30. The number of carbonyl (C=O) groups is 2. The van der Waals surface area contributed by atoms with Gasteiger partial charge in [0.15, 0.2) is 0 Å². The highest BCUT2D eigenvalue weighted by Gasteiger charge is 2.07. The fourth-order valence-corrected chi connectivity index (χ4v) is 2.37. The molecule has 0 fully saturated rings. The minimum atomic E-state index is -0.546. The molecule has 0 radical (unpaired) electrons. The molecular weight excluding hydrogens is 394 g/mol. The second-order valence-electron chi connectivity index (χ2n) is 5.78. The Morgan fingerprint density at radius 1 is 0.862 bits per heavy atom. The maximum absolute atomic E-state index is 12.0. The Bertz CT molecular complexity index is 1020. The van der Waals surface area contributed by atoms with Crippen molar-refractivity contribution in [2.24, 2.45) is 10.2 Å². The summed E-state index contributed by atoms with van der Waals surface area (Å²) in [5, 5.41) is 8.15. The van der Waals surface area contributed by atoms with Gasteiger partial charge in [0, 0.05) is 10.6 Å². The largest absolute Gasteiger partial charge is 0.497 e. The third-order valence-corrected chi connectivity index (χ3v) is 4.05. The Morgan fingerprint density at radius 3 is 2.10 bits per heavy atom. The first-order chi connectivity index (χ1) is 14.0. The van der Waals surface area contributed by atoms with E-state index in [9.17, 15) is 9.59 Å². The molecule has 0 unspecified atom stereocenters. The average Bonchev–Trinajstić information content (AvgIpc) is 2.77. The number of ether oxygens (including phenoxy) is 1. The van der Waals surface area contributed by atoms with E-state index in [0.717, 1.165) is 0 Å². The van der Waals surface area contributed by atoms with E-state index in [1.807, 2.05) is 0 Å². The van der Waals surface area contributed by atoms with E-state index in [0.29, 0.717) is 33.3 Å². The molecule has 146 valence electrons. The predicted molar refractivity (Wildman–Crippen MR) is 109 cm³/mol. The molecule has 0 aliphatic carbocycles. The number of nitrogens with zero attached hydrogens (tertiary/aromatic N) is 2. The van der Waals surface area contributed by atoms with Crippen LogP contribution in [0.25, 0.3) is 0 Å². The standard InChI is InChI=1S/C21H16ClN3O4/c1-28-19-12-4-14(5-13-19)20(26)24-23-17-8-10-18(11-9-17)25-29-21(27)15-2-6-16(22)7-3-15/h2-13,25H,1H3. The maximum atomic E-state index is 12.0. The molecule has 0 heterocycles. The van der Waals surface area contributed by atoms with Crippen molar-refractivity contribution in [3.63, 3.8) is 0 Å². The number of azo groups is 1. The Morgan fingerprint density at radius 2 is 1.48 bits per heavy atom. The molecule has 29 heavy (non-hydrogen) atoms. The molecule has 0 spiro atoms. The zero-order valence-corrected chi connectivity index (χ0v) is 16.1. The van der Waals surface area contributed by atoms with Crippen LogP contribution in [0.4, 0.5) is 11.4 Å². The number of benzene rings is 3. The lowest BCUT2D eigenvalue weighted by atomic mass is 10.2. The fourth-order valence-electron chi connectivity index (χ4n) is 2.24. The van der Waals surface area contributed by atoms with Crippen LogP contribution in [0.2, 0.25) is 5.02 Å². The van der Waals surface area contributed by atoms with Crippen molar-refractivity contribution in [3.8, 4) is 5.75 Å². The van der Waals surface area contributed by atoms with Gasteiger partial charge in [-0.2, -0.15) is 0 Å². The Labute approximate surface area is 171 Å². The molecule has 7 nitrogen and oxygen atoms in total. The normalized spacial score (nSPS) is 10.6. The van der Waals surface area contributed by atoms with E-state index in [-0.39, 0.29) is 0 Å². The zero-order chi connectivity index (χ0) is 20.6. The second-order valence-corrected chi connectivity index (χ2v) is 6.22. The highest BCUT2D eigenvalue weighted by Crippen LogP contribution is 2.18. The van der Waals surface area contributed by atoms with Gasteiger partial charge < -0.3 is 9.57 Å². The van der Waals surface area contributed by atoms with Crippen molar-refractivity contribution in [2.75, 3.05) is 12.6 Å². The summed E-state index contributed by atoms with van der Waals surface area (Å²) < 4.78 is 5.05. The summed E-state index contributed by atoms with van der Waals surface area (Å²) in [6, 6.07) is 19.4. The van der Waals surface area contributed by atoms with Gasteiger partial charge in [-0.25, -0.2) is 10.3 Å². The van der Waals surface area contributed by atoms with E-state index in [1.165, 1.54) is 0 Å². The molecule has 0 aliphatic rings. The molecule has 3 rings (SSSR count). The Balaban J connectivity index is 1.55. The SMILES string of the molecule is COc1ccc(C(=O)N=Nc2ccc(NOC(=O)c3ccc(Cl)cc3)cc2)cc1. The summed E-state index contributed by atoms with van der Waals surface area (Å²) in [5.74, 6) is -0.361. The number of halogens is 1. The quantitative estimate of drug-likeness (QED) is 0.431. The fraction of sp³-hybridized carbons (Fsp3) is 0.0476. The average molecular weight is 410 g/mol. The van der Waals surface area contributed by atoms with Crippen LogP contribution in [0.5, 0.6) is 5.75 Å². The first-order valence-electron chi connectivity index (χ1n) is 8.48. The first kappa shape index (κ1) is 20.0. The lowest BCUT2D eigenvalue weighted by molar-refractivity contribution is 0.0596. The minimum Gasteiger partial charge on any atom is -0.497 e. The van der Waals surface area contributed by atoms with Crippen molar-refractivity contribution < 1.29 is 19.2 Å². The summed E-state index contributed by atoms with van der Waals surface area (Å²) in [7, 11) is 1.55. The van der Waals surface area contributed by atoms with Crippen molar-refractivity contribution >= 4 is 34.9 Å². The summed E-state index contributed by atoms with van der Waals surface area (Å²) in [6.45, 7) is 0. The number of hydrogen-bond donors (Lipinski definition) is 1. The van der Waals surface area contributed by atoms with Crippen LogP contribution in [-0.4, -0.2) is 19.0 Å². The predicted octanol–water partition coefficient (Wildman–Crippen LogP) is 5.46. The molecule has 0 aromatic heterocycles. The smallest absolute Gasteiger partial charge is 0.362 e. The van der Waals surface area contributed by atoms with Gasteiger partial charge in [-0.1, -0.05) is 11.6 Å². The van der Waals surface area contributed by atoms with Crippen molar-refractivity contribution in [3.05, 3.63) is 88.9 Å². The minimum absolute atomic E-state index is 0.365. The molecule has 1 N–H and O–H groups in total. The maximum Gasteiger partial charge on any atom is 0.362 e.